The molecule has 3 aromatic heterocycles. The predicted octanol–water partition coefficient (Wildman–Crippen LogP) is 12.7. The molecule has 12 rings (SSSR count). The van der Waals surface area contributed by atoms with Crippen molar-refractivity contribution in [1.29, 1.82) is 0 Å². The zero-order valence-electron chi connectivity index (χ0n) is 30.6. The van der Waals surface area contributed by atoms with Gasteiger partial charge in [0.15, 0.2) is 5.84 Å². The Hall–Kier alpha value is -7.15. The third kappa shape index (κ3) is 5.18. The van der Waals surface area contributed by atoms with Gasteiger partial charge in [0.05, 0.1) is 11.1 Å². The summed E-state index contributed by atoms with van der Waals surface area (Å²) >= 11 is 1.88. The first-order valence-corrected chi connectivity index (χ1v) is 20.0. The molecule has 268 valence electrons. The van der Waals surface area contributed by atoms with E-state index in [0.717, 1.165) is 55.7 Å². The molecule has 0 amide bonds. The first kappa shape index (κ1) is 32.1. The van der Waals surface area contributed by atoms with Crippen molar-refractivity contribution in [2.45, 2.75) is 12.1 Å². The van der Waals surface area contributed by atoms with Crippen LogP contribution in [0.1, 0.15) is 45.5 Å². The lowest BCUT2D eigenvalue weighted by Gasteiger charge is -2.23. The summed E-state index contributed by atoms with van der Waals surface area (Å²) in [6, 6.07) is 60.1. The lowest BCUT2D eigenvalue weighted by Crippen LogP contribution is -2.33. The second-order valence-electron chi connectivity index (χ2n) is 14.8. The Bertz CT molecular complexity index is 3270. The number of rotatable bonds is 5. The molecule has 2 atom stereocenters. The number of benzene rings is 7. The lowest BCUT2D eigenvalue weighted by atomic mass is 9.88. The van der Waals surface area contributed by atoms with Gasteiger partial charge in [0.1, 0.15) is 23.2 Å². The number of nitrogens with zero attached hydrogens (tertiary/aromatic N) is 3. The van der Waals surface area contributed by atoms with Gasteiger partial charge in [-0.2, -0.15) is 0 Å². The molecule has 1 unspecified atom stereocenters. The zero-order chi connectivity index (χ0) is 37.5. The van der Waals surface area contributed by atoms with Crippen LogP contribution in [0.15, 0.2) is 190 Å². The Morgan fingerprint density at radius 2 is 1.30 bits per heavy atom. The van der Waals surface area contributed by atoms with Gasteiger partial charge < -0.3 is 9.73 Å². The molecule has 6 heteroatoms. The molecule has 0 fully saturated rings. The van der Waals surface area contributed by atoms with Crippen molar-refractivity contribution in [1.82, 2.24) is 10.3 Å². The SMILES string of the molecule is c1ccc(C2=NC(c3ccc(-c4nccc5oc6ccc([C@H]7c8ccccc8-c8cc9c(cc87)sc7ccccc79)cc6c45)cc3)=NC(c3ccccc3)N2)cc1. The van der Waals surface area contributed by atoms with Crippen LogP contribution in [0.2, 0.25) is 0 Å². The van der Waals surface area contributed by atoms with Gasteiger partial charge in [-0.3, -0.25) is 4.98 Å². The molecular weight excluding hydrogens is 717 g/mol. The number of aliphatic imine (C=N–C) groups is 2. The Balaban J connectivity index is 0.958. The number of aromatic nitrogens is 1. The fraction of sp³-hybridized carbons (Fsp3) is 0.0392. The van der Waals surface area contributed by atoms with Gasteiger partial charge in [-0.25, -0.2) is 9.98 Å². The number of hydrogen-bond donors (Lipinski definition) is 1. The van der Waals surface area contributed by atoms with Crippen molar-refractivity contribution in [3.05, 3.63) is 209 Å². The molecule has 0 saturated carbocycles. The van der Waals surface area contributed by atoms with Crippen molar-refractivity contribution in [2.24, 2.45) is 9.98 Å². The third-order valence-corrected chi connectivity index (χ3v) is 12.6. The van der Waals surface area contributed by atoms with Crippen molar-refractivity contribution in [3.63, 3.8) is 0 Å². The molecule has 0 saturated heterocycles. The van der Waals surface area contributed by atoms with Crippen LogP contribution in [-0.2, 0) is 0 Å². The molecule has 5 nitrogen and oxygen atoms in total. The molecule has 1 aliphatic heterocycles. The summed E-state index contributed by atoms with van der Waals surface area (Å²) in [5.41, 5.74) is 13.2. The van der Waals surface area contributed by atoms with E-state index in [-0.39, 0.29) is 12.1 Å². The molecule has 4 heterocycles. The van der Waals surface area contributed by atoms with Gasteiger partial charge in [0, 0.05) is 54.4 Å². The predicted molar refractivity (Wildman–Crippen MR) is 234 cm³/mol. The maximum Gasteiger partial charge on any atom is 0.159 e. The van der Waals surface area contributed by atoms with Crippen molar-refractivity contribution in [3.8, 4) is 22.4 Å². The molecular formula is C51H32N4OS. The monoisotopic (exact) mass is 748 g/mol. The summed E-state index contributed by atoms with van der Waals surface area (Å²) in [4.78, 5) is 15.1. The quantitative estimate of drug-likeness (QED) is 0.191. The van der Waals surface area contributed by atoms with Gasteiger partial charge in [0.25, 0.3) is 0 Å². The second-order valence-corrected chi connectivity index (χ2v) is 15.8. The maximum atomic E-state index is 6.51. The van der Waals surface area contributed by atoms with E-state index in [1.165, 1.54) is 48.0 Å². The summed E-state index contributed by atoms with van der Waals surface area (Å²) in [5.74, 6) is 1.58. The van der Waals surface area contributed by atoms with E-state index < -0.39 is 0 Å². The standard InChI is InChI=1S/C51H32N4OS/c1-3-11-31(12-4-1)49-53-50(32-13-5-2-6-14-32)55-51(54-49)33-21-19-30(20-22-33)48-47-41-27-34(23-24-42(41)56-43(47)25-26-52-48)46-37-17-8-7-15-35(37)38-28-39-36-16-9-10-18-44(36)57-45(39)29-40(38)46/h1-29,46,49H,(H,53,54,55)/t46-,49?/m0/s1. The fourth-order valence-corrected chi connectivity index (χ4v) is 9.96. The molecule has 10 aromatic rings. The number of furan rings is 1. The average molecular weight is 749 g/mol. The van der Waals surface area contributed by atoms with E-state index in [1.807, 2.05) is 60.0 Å². The summed E-state index contributed by atoms with van der Waals surface area (Å²) in [5, 5.41) is 8.28. The molecule has 0 spiro atoms. The first-order chi connectivity index (χ1) is 28.2. The molecule has 0 bridgehead atoms. The summed E-state index contributed by atoms with van der Waals surface area (Å²) in [6.45, 7) is 0. The highest BCUT2D eigenvalue weighted by Gasteiger charge is 2.31. The van der Waals surface area contributed by atoms with Crippen molar-refractivity contribution >= 4 is 65.1 Å². The molecule has 1 aliphatic carbocycles. The van der Waals surface area contributed by atoms with Crippen molar-refractivity contribution in [2.75, 3.05) is 0 Å². The molecule has 7 aromatic carbocycles. The Morgan fingerprint density at radius 1 is 0.526 bits per heavy atom. The zero-order valence-corrected chi connectivity index (χ0v) is 31.4. The smallest absolute Gasteiger partial charge is 0.159 e. The van der Waals surface area contributed by atoms with Crippen LogP contribution in [0, 0.1) is 0 Å². The van der Waals surface area contributed by atoms with Gasteiger partial charge in [0.2, 0.25) is 0 Å². The molecule has 2 aliphatic rings. The highest BCUT2D eigenvalue weighted by Crippen LogP contribution is 2.51. The highest BCUT2D eigenvalue weighted by atomic mass is 32.1. The highest BCUT2D eigenvalue weighted by molar-refractivity contribution is 7.25. The van der Waals surface area contributed by atoms with Crippen LogP contribution in [0.3, 0.4) is 0 Å². The van der Waals surface area contributed by atoms with Crippen LogP contribution in [0.4, 0.5) is 0 Å². The topological polar surface area (TPSA) is 62.8 Å². The van der Waals surface area contributed by atoms with E-state index >= 15 is 0 Å². The van der Waals surface area contributed by atoms with Crippen LogP contribution in [-0.4, -0.2) is 16.7 Å². The van der Waals surface area contributed by atoms with Gasteiger partial charge in [-0.05, 0) is 69.8 Å². The largest absolute Gasteiger partial charge is 0.456 e. The van der Waals surface area contributed by atoms with E-state index in [0.29, 0.717) is 5.84 Å². The lowest BCUT2D eigenvalue weighted by molar-refractivity contribution is 0.668. The van der Waals surface area contributed by atoms with Gasteiger partial charge in [-0.15, -0.1) is 11.3 Å². The maximum absolute atomic E-state index is 6.51. The Labute approximate surface area is 332 Å². The van der Waals surface area contributed by atoms with Crippen LogP contribution in [0.25, 0.3) is 64.5 Å². The molecule has 57 heavy (non-hydrogen) atoms. The van der Waals surface area contributed by atoms with E-state index in [4.69, 9.17) is 19.4 Å². The minimum Gasteiger partial charge on any atom is -0.456 e. The summed E-state index contributed by atoms with van der Waals surface area (Å²) < 4.78 is 9.16. The summed E-state index contributed by atoms with van der Waals surface area (Å²) in [7, 11) is 0. The fourth-order valence-electron chi connectivity index (χ4n) is 8.82. The van der Waals surface area contributed by atoms with E-state index in [2.05, 4.69) is 133 Å². The van der Waals surface area contributed by atoms with E-state index in [9.17, 15) is 0 Å². The normalized spacial score (nSPS) is 16.1. The first-order valence-electron chi connectivity index (χ1n) is 19.2. The van der Waals surface area contributed by atoms with Crippen LogP contribution >= 0.6 is 11.3 Å². The van der Waals surface area contributed by atoms with Crippen LogP contribution < -0.4 is 5.32 Å². The number of fused-ring (bicyclic) bond motifs is 9. The Kier molecular flexibility index (Phi) is 7.16. The van der Waals surface area contributed by atoms with Crippen LogP contribution in [0.5, 0.6) is 0 Å². The molecule has 0 radical (unpaired) electrons. The summed E-state index contributed by atoms with van der Waals surface area (Å²) in [6.07, 6.45) is 1.58. The minimum atomic E-state index is -0.259. The van der Waals surface area contributed by atoms with Gasteiger partial charge >= 0.3 is 0 Å². The number of pyridine rings is 1. The number of hydrogen-bond acceptors (Lipinski definition) is 6. The number of nitrogens with one attached hydrogen (secondary N) is 1. The average Bonchev–Trinajstić information content (AvgIpc) is 3.95. The minimum absolute atomic E-state index is 0.103. The third-order valence-electron chi connectivity index (χ3n) is 11.5. The van der Waals surface area contributed by atoms with Gasteiger partial charge in [-0.1, -0.05) is 133 Å². The Morgan fingerprint density at radius 3 is 2.18 bits per heavy atom. The second kappa shape index (κ2) is 12.7. The molecule has 1 N–H and O–H groups in total. The van der Waals surface area contributed by atoms with Crippen molar-refractivity contribution < 1.29 is 4.42 Å². The number of thiophene rings is 1. The number of amidine groups is 2. The van der Waals surface area contributed by atoms with E-state index in [1.54, 1.807) is 0 Å².